The maximum Gasteiger partial charge on any atom is 0.259 e. The maximum atomic E-state index is 13.0. The number of benzene rings is 1. The summed E-state index contributed by atoms with van der Waals surface area (Å²) in [4.78, 5) is 30.1. The third kappa shape index (κ3) is 5.35. The van der Waals surface area contributed by atoms with E-state index in [0.29, 0.717) is 36.6 Å². The number of amides is 2. The van der Waals surface area contributed by atoms with Crippen LogP contribution in [-0.4, -0.2) is 75.1 Å². The minimum Gasteiger partial charge on any atom is -0.496 e. The van der Waals surface area contributed by atoms with Gasteiger partial charge in [0.1, 0.15) is 23.1 Å². The number of ether oxygens (including phenoxy) is 2. The first-order valence-electron chi connectivity index (χ1n) is 9.36. The second kappa shape index (κ2) is 9.60. The molecule has 1 aliphatic rings. The Kier molecular flexibility index (Phi) is 7.47. The smallest absolute Gasteiger partial charge is 0.259 e. The standard InChI is InChI=1S/C20H31N3O4/c1-14(2)13-15(20(25)23-11-9-22(3)10-12-23)21-19(24)18-16(26-4)7-6-8-17(18)27-5/h6-8,14-15H,9-13H2,1-5H3,(H,21,24)/t15-/m1/s1. The van der Waals surface area contributed by atoms with Gasteiger partial charge in [-0.15, -0.1) is 0 Å². The molecule has 150 valence electrons. The Hall–Kier alpha value is -2.28. The quantitative estimate of drug-likeness (QED) is 0.782. The van der Waals surface area contributed by atoms with E-state index in [4.69, 9.17) is 9.47 Å². The second-order valence-electron chi connectivity index (χ2n) is 7.32. The Balaban J connectivity index is 2.21. The van der Waals surface area contributed by atoms with Crippen LogP contribution in [0.4, 0.5) is 0 Å². The molecule has 2 rings (SSSR count). The molecule has 27 heavy (non-hydrogen) atoms. The van der Waals surface area contributed by atoms with E-state index in [1.807, 2.05) is 25.8 Å². The van der Waals surface area contributed by atoms with Gasteiger partial charge in [-0.25, -0.2) is 0 Å². The molecule has 1 N–H and O–H groups in total. The molecule has 0 aliphatic carbocycles. The third-order valence-corrected chi connectivity index (χ3v) is 4.78. The summed E-state index contributed by atoms with van der Waals surface area (Å²) in [5.41, 5.74) is 0.308. The maximum absolute atomic E-state index is 13.0. The van der Waals surface area contributed by atoms with Crippen LogP contribution in [0.25, 0.3) is 0 Å². The molecule has 0 saturated carbocycles. The lowest BCUT2D eigenvalue weighted by atomic mass is 10.0. The van der Waals surface area contributed by atoms with E-state index in [2.05, 4.69) is 10.2 Å². The summed E-state index contributed by atoms with van der Waals surface area (Å²) in [5, 5.41) is 2.92. The molecule has 2 amide bonds. The van der Waals surface area contributed by atoms with Gasteiger partial charge in [0.25, 0.3) is 5.91 Å². The summed E-state index contributed by atoms with van der Waals surface area (Å²) in [7, 11) is 5.06. The lowest BCUT2D eigenvalue weighted by Crippen LogP contribution is -2.54. The molecule has 0 radical (unpaired) electrons. The van der Waals surface area contributed by atoms with Crippen molar-refractivity contribution in [3.8, 4) is 11.5 Å². The van der Waals surface area contributed by atoms with Gasteiger partial charge in [0.05, 0.1) is 14.2 Å². The van der Waals surface area contributed by atoms with Crippen molar-refractivity contribution in [3.05, 3.63) is 23.8 Å². The number of carbonyl (C=O) groups is 2. The van der Waals surface area contributed by atoms with E-state index < -0.39 is 6.04 Å². The minimum atomic E-state index is -0.574. The largest absolute Gasteiger partial charge is 0.496 e. The van der Waals surface area contributed by atoms with E-state index in [0.717, 1.165) is 13.1 Å². The monoisotopic (exact) mass is 377 g/mol. The van der Waals surface area contributed by atoms with E-state index in [1.165, 1.54) is 14.2 Å². The second-order valence-corrected chi connectivity index (χ2v) is 7.32. The van der Waals surface area contributed by atoms with Crippen molar-refractivity contribution in [3.63, 3.8) is 0 Å². The van der Waals surface area contributed by atoms with Crippen molar-refractivity contribution in [2.24, 2.45) is 5.92 Å². The molecule has 1 aliphatic heterocycles. The summed E-state index contributed by atoms with van der Waals surface area (Å²) < 4.78 is 10.6. The van der Waals surface area contributed by atoms with Gasteiger partial charge in [-0.1, -0.05) is 19.9 Å². The Labute approximate surface area is 161 Å². The normalized spacial score (nSPS) is 16.1. The average Bonchev–Trinajstić information content (AvgIpc) is 2.66. The molecule has 1 atom stereocenters. The van der Waals surface area contributed by atoms with Gasteiger partial charge in [-0.05, 0) is 31.5 Å². The van der Waals surface area contributed by atoms with Gasteiger partial charge in [0.2, 0.25) is 5.91 Å². The fraction of sp³-hybridized carbons (Fsp3) is 0.600. The first-order valence-corrected chi connectivity index (χ1v) is 9.36. The zero-order chi connectivity index (χ0) is 20.0. The van der Waals surface area contributed by atoms with Crippen molar-refractivity contribution in [2.45, 2.75) is 26.3 Å². The van der Waals surface area contributed by atoms with Gasteiger partial charge in [-0.3, -0.25) is 9.59 Å². The van der Waals surface area contributed by atoms with Gasteiger partial charge >= 0.3 is 0 Å². The number of nitrogens with one attached hydrogen (secondary N) is 1. The summed E-state index contributed by atoms with van der Waals surface area (Å²) >= 11 is 0. The molecule has 0 spiro atoms. The molecular weight excluding hydrogens is 346 g/mol. The predicted molar refractivity (Wildman–Crippen MR) is 104 cm³/mol. The number of carbonyl (C=O) groups excluding carboxylic acids is 2. The molecular formula is C20H31N3O4. The van der Waals surface area contributed by atoms with Crippen molar-refractivity contribution < 1.29 is 19.1 Å². The molecule has 1 aromatic rings. The highest BCUT2D eigenvalue weighted by atomic mass is 16.5. The summed E-state index contributed by atoms with van der Waals surface area (Å²) in [6, 6.07) is 4.60. The van der Waals surface area contributed by atoms with Gasteiger partial charge in [0, 0.05) is 26.2 Å². The lowest BCUT2D eigenvalue weighted by molar-refractivity contribution is -0.135. The van der Waals surface area contributed by atoms with Crippen molar-refractivity contribution in [2.75, 3.05) is 47.4 Å². The van der Waals surface area contributed by atoms with E-state index in [9.17, 15) is 9.59 Å². The van der Waals surface area contributed by atoms with Crippen molar-refractivity contribution >= 4 is 11.8 Å². The number of nitrogens with zero attached hydrogens (tertiary/aromatic N) is 2. The highest BCUT2D eigenvalue weighted by molar-refractivity contribution is 6.02. The van der Waals surface area contributed by atoms with Crippen LogP contribution < -0.4 is 14.8 Å². The number of piperazine rings is 1. The van der Waals surface area contributed by atoms with Gasteiger partial charge < -0.3 is 24.6 Å². The SMILES string of the molecule is COc1cccc(OC)c1C(=O)N[C@H](CC(C)C)C(=O)N1CCN(C)CC1. The van der Waals surface area contributed by atoms with Crippen LogP contribution in [0.2, 0.25) is 0 Å². The van der Waals surface area contributed by atoms with Crippen LogP contribution in [-0.2, 0) is 4.79 Å². The van der Waals surface area contributed by atoms with Crippen LogP contribution in [0.1, 0.15) is 30.6 Å². The molecule has 7 nitrogen and oxygen atoms in total. The zero-order valence-electron chi connectivity index (χ0n) is 16.9. The van der Waals surface area contributed by atoms with Crippen LogP contribution in [0.15, 0.2) is 18.2 Å². The fourth-order valence-corrected chi connectivity index (χ4v) is 3.25. The lowest BCUT2D eigenvalue weighted by Gasteiger charge is -2.35. The molecule has 7 heteroatoms. The zero-order valence-corrected chi connectivity index (χ0v) is 16.9. The Morgan fingerprint density at radius 2 is 1.63 bits per heavy atom. The number of likely N-dealkylation sites (N-methyl/N-ethyl adjacent to an activating group) is 1. The van der Waals surface area contributed by atoms with Crippen LogP contribution in [0.3, 0.4) is 0 Å². The summed E-state index contributed by atoms with van der Waals surface area (Å²) in [5.74, 6) is 0.715. The fourth-order valence-electron chi connectivity index (χ4n) is 3.25. The first-order chi connectivity index (χ1) is 12.9. The van der Waals surface area contributed by atoms with Gasteiger partial charge in [0.15, 0.2) is 0 Å². The molecule has 1 fully saturated rings. The molecule has 0 bridgehead atoms. The summed E-state index contributed by atoms with van der Waals surface area (Å²) in [6.07, 6.45) is 0.578. The molecule has 1 heterocycles. The Bertz CT molecular complexity index is 632. The Morgan fingerprint density at radius 1 is 1.07 bits per heavy atom. The number of hydrogen-bond acceptors (Lipinski definition) is 5. The predicted octanol–water partition coefficient (Wildman–Crippen LogP) is 1.62. The van der Waals surface area contributed by atoms with Crippen LogP contribution >= 0.6 is 0 Å². The highest BCUT2D eigenvalue weighted by Gasteiger charge is 2.30. The number of methoxy groups -OCH3 is 2. The van der Waals surface area contributed by atoms with Gasteiger partial charge in [-0.2, -0.15) is 0 Å². The number of hydrogen-bond donors (Lipinski definition) is 1. The number of rotatable bonds is 7. The minimum absolute atomic E-state index is 0.0287. The molecule has 1 saturated heterocycles. The highest BCUT2D eigenvalue weighted by Crippen LogP contribution is 2.28. The topological polar surface area (TPSA) is 71.1 Å². The molecule has 1 aromatic carbocycles. The van der Waals surface area contributed by atoms with Crippen LogP contribution in [0.5, 0.6) is 11.5 Å². The average molecular weight is 377 g/mol. The molecule has 0 aromatic heterocycles. The third-order valence-electron chi connectivity index (χ3n) is 4.78. The van der Waals surface area contributed by atoms with E-state index in [-0.39, 0.29) is 17.7 Å². The van der Waals surface area contributed by atoms with E-state index in [1.54, 1.807) is 18.2 Å². The van der Waals surface area contributed by atoms with Crippen molar-refractivity contribution in [1.82, 2.24) is 15.1 Å². The van der Waals surface area contributed by atoms with Crippen LogP contribution in [0, 0.1) is 5.92 Å². The first kappa shape index (κ1) is 21.0. The molecule has 0 unspecified atom stereocenters. The van der Waals surface area contributed by atoms with Crippen molar-refractivity contribution in [1.29, 1.82) is 0 Å². The summed E-state index contributed by atoms with van der Waals surface area (Å²) in [6.45, 7) is 7.12. The van der Waals surface area contributed by atoms with E-state index >= 15 is 0 Å². The Morgan fingerprint density at radius 3 is 2.11 bits per heavy atom.